The lowest BCUT2D eigenvalue weighted by Gasteiger charge is -2.10. The fourth-order valence-corrected chi connectivity index (χ4v) is 3.61. The average Bonchev–Trinajstić information content (AvgIpc) is 2.46. The van der Waals surface area contributed by atoms with E-state index < -0.39 is 0 Å². The predicted molar refractivity (Wildman–Crippen MR) is 94.9 cm³/mol. The minimum Gasteiger partial charge on any atom is -0.373 e. The maximum atomic E-state index is 6.05. The van der Waals surface area contributed by atoms with Crippen molar-refractivity contribution in [2.75, 3.05) is 12.4 Å². The van der Waals surface area contributed by atoms with Crippen LogP contribution in [0.2, 0.25) is 5.02 Å². The number of fused-ring (bicyclic) bond motifs is 1. The van der Waals surface area contributed by atoms with Crippen LogP contribution in [-0.4, -0.2) is 17.0 Å². The zero-order valence-corrected chi connectivity index (χ0v) is 14.9. The molecule has 1 aromatic heterocycles. The van der Waals surface area contributed by atoms with Gasteiger partial charge in [0.2, 0.25) is 0 Å². The molecule has 3 nitrogen and oxygen atoms in total. The number of anilines is 1. The van der Waals surface area contributed by atoms with Crippen molar-refractivity contribution >= 4 is 60.2 Å². The van der Waals surface area contributed by atoms with Crippen LogP contribution in [0, 0.1) is 0 Å². The second-order valence-electron chi connectivity index (χ2n) is 4.44. The van der Waals surface area contributed by atoms with Gasteiger partial charge in [-0.25, -0.2) is 9.97 Å². The van der Waals surface area contributed by atoms with Crippen molar-refractivity contribution in [3.63, 3.8) is 0 Å². The first kappa shape index (κ1) is 14.8. The zero-order chi connectivity index (χ0) is 15.0. The third-order valence-corrected chi connectivity index (χ3v) is 4.34. The van der Waals surface area contributed by atoms with E-state index in [9.17, 15) is 0 Å². The highest BCUT2D eigenvalue weighted by molar-refractivity contribution is 9.11. The largest absolute Gasteiger partial charge is 0.373 e. The van der Waals surface area contributed by atoms with Crippen molar-refractivity contribution in [2.24, 2.45) is 0 Å². The molecule has 0 fully saturated rings. The normalized spacial score (nSPS) is 10.9. The summed E-state index contributed by atoms with van der Waals surface area (Å²) in [6.45, 7) is 0. The highest BCUT2D eigenvalue weighted by Crippen LogP contribution is 2.33. The Morgan fingerprint density at radius 2 is 1.90 bits per heavy atom. The second kappa shape index (κ2) is 5.91. The van der Waals surface area contributed by atoms with Crippen LogP contribution in [0.4, 0.5) is 5.82 Å². The maximum Gasteiger partial charge on any atom is 0.162 e. The Morgan fingerprint density at radius 3 is 2.62 bits per heavy atom. The monoisotopic (exact) mass is 425 g/mol. The van der Waals surface area contributed by atoms with Crippen molar-refractivity contribution in [1.82, 2.24) is 9.97 Å². The average molecular weight is 428 g/mol. The summed E-state index contributed by atoms with van der Waals surface area (Å²) in [6.07, 6.45) is 0. The summed E-state index contributed by atoms with van der Waals surface area (Å²) >= 11 is 13.1. The van der Waals surface area contributed by atoms with Crippen molar-refractivity contribution in [1.29, 1.82) is 0 Å². The van der Waals surface area contributed by atoms with Crippen LogP contribution in [0.1, 0.15) is 0 Å². The Morgan fingerprint density at radius 1 is 1.10 bits per heavy atom. The van der Waals surface area contributed by atoms with Gasteiger partial charge in [-0.05, 0) is 40.2 Å². The van der Waals surface area contributed by atoms with Crippen LogP contribution >= 0.6 is 43.5 Å². The van der Waals surface area contributed by atoms with Gasteiger partial charge in [0.05, 0.1) is 5.52 Å². The fraction of sp³-hybridized carbons (Fsp3) is 0.0667. The summed E-state index contributed by atoms with van der Waals surface area (Å²) in [5, 5.41) is 4.74. The maximum absolute atomic E-state index is 6.05. The molecule has 3 aromatic rings. The molecule has 0 spiro atoms. The van der Waals surface area contributed by atoms with E-state index in [1.807, 2.05) is 43.4 Å². The number of benzene rings is 2. The molecule has 2 aromatic carbocycles. The Hall–Kier alpha value is -1.17. The van der Waals surface area contributed by atoms with Crippen molar-refractivity contribution in [3.8, 4) is 11.4 Å². The van der Waals surface area contributed by atoms with Gasteiger partial charge in [0, 0.05) is 32.0 Å². The minimum atomic E-state index is 0.636. The van der Waals surface area contributed by atoms with Crippen molar-refractivity contribution in [3.05, 3.63) is 50.4 Å². The lowest BCUT2D eigenvalue weighted by molar-refractivity contribution is 1.21. The van der Waals surface area contributed by atoms with E-state index in [-0.39, 0.29) is 0 Å². The SMILES string of the molecule is CNc1nc(-c2cccc(Cl)c2)nc2c(Br)cc(Br)cc12. The van der Waals surface area contributed by atoms with Crippen LogP contribution in [0.5, 0.6) is 0 Å². The van der Waals surface area contributed by atoms with Crippen LogP contribution in [0.15, 0.2) is 45.3 Å². The molecule has 0 aliphatic carbocycles. The quantitative estimate of drug-likeness (QED) is 0.585. The summed E-state index contributed by atoms with van der Waals surface area (Å²) in [7, 11) is 1.85. The molecule has 1 heterocycles. The van der Waals surface area contributed by atoms with Crippen molar-refractivity contribution in [2.45, 2.75) is 0 Å². The predicted octanol–water partition coefficient (Wildman–Crippen LogP) is 5.52. The van der Waals surface area contributed by atoms with Crippen LogP contribution in [-0.2, 0) is 0 Å². The molecule has 1 N–H and O–H groups in total. The molecule has 6 heteroatoms. The van der Waals surface area contributed by atoms with Gasteiger partial charge in [0.15, 0.2) is 5.82 Å². The lowest BCUT2D eigenvalue weighted by atomic mass is 10.2. The van der Waals surface area contributed by atoms with Gasteiger partial charge >= 0.3 is 0 Å². The Balaban J connectivity index is 2.31. The van der Waals surface area contributed by atoms with Gasteiger partial charge in [-0.1, -0.05) is 39.7 Å². The lowest BCUT2D eigenvalue weighted by Crippen LogP contribution is -1.99. The molecule has 0 amide bonds. The standard InChI is InChI=1S/C15H10Br2ClN3/c1-19-15-11-6-9(16)7-12(17)13(11)20-14(21-15)8-3-2-4-10(18)5-8/h2-7H,1H3,(H,19,20,21). The van der Waals surface area contributed by atoms with Gasteiger partial charge in [0.25, 0.3) is 0 Å². The molecule has 0 saturated heterocycles. The first-order valence-electron chi connectivity index (χ1n) is 6.19. The van der Waals surface area contributed by atoms with Crippen LogP contribution in [0.25, 0.3) is 22.3 Å². The van der Waals surface area contributed by atoms with E-state index in [0.717, 1.165) is 31.2 Å². The third kappa shape index (κ3) is 2.91. The topological polar surface area (TPSA) is 37.8 Å². The van der Waals surface area contributed by atoms with Gasteiger partial charge in [0.1, 0.15) is 5.82 Å². The molecule has 0 unspecified atom stereocenters. The van der Waals surface area contributed by atoms with Gasteiger partial charge in [-0.2, -0.15) is 0 Å². The summed E-state index contributed by atoms with van der Waals surface area (Å²) in [5.41, 5.74) is 1.74. The molecule has 0 bridgehead atoms. The first-order chi connectivity index (χ1) is 10.1. The molecule has 0 saturated carbocycles. The van der Waals surface area contributed by atoms with E-state index in [2.05, 4.69) is 47.1 Å². The molecule has 21 heavy (non-hydrogen) atoms. The molecular weight excluding hydrogens is 417 g/mol. The molecule has 106 valence electrons. The van der Waals surface area contributed by atoms with Crippen LogP contribution < -0.4 is 5.32 Å². The van der Waals surface area contributed by atoms with Gasteiger partial charge < -0.3 is 5.32 Å². The van der Waals surface area contributed by atoms with E-state index in [1.165, 1.54) is 0 Å². The second-order valence-corrected chi connectivity index (χ2v) is 6.65. The summed E-state index contributed by atoms with van der Waals surface area (Å²) < 4.78 is 1.88. The highest BCUT2D eigenvalue weighted by atomic mass is 79.9. The van der Waals surface area contributed by atoms with E-state index in [0.29, 0.717) is 10.8 Å². The summed E-state index contributed by atoms with van der Waals surface area (Å²) in [5.74, 6) is 1.41. The van der Waals surface area contributed by atoms with E-state index >= 15 is 0 Å². The number of nitrogens with one attached hydrogen (secondary N) is 1. The number of hydrogen-bond acceptors (Lipinski definition) is 3. The van der Waals surface area contributed by atoms with Crippen molar-refractivity contribution < 1.29 is 0 Å². The zero-order valence-electron chi connectivity index (χ0n) is 11.0. The van der Waals surface area contributed by atoms with Crippen LogP contribution in [0.3, 0.4) is 0 Å². The Labute approximate surface area is 144 Å². The van der Waals surface area contributed by atoms with Gasteiger partial charge in [-0.3, -0.25) is 0 Å². The fourth-order valence-electron chi connectivity index (χ4n) is 2.10. The first-order valence-corrected chi connectivity index (χ1v) is 8.15. The molecule has 0 aliphatic heterocycles. The molecule has 0 atom stereocenters. The minimum absolute atomic E-state index is 0.636. The van der Waals surface area contributed by atoms with E-state index in [4.69, 9.17) is 11.6 Å². The number of halogens is 3. The number of hydrogen-bond donors (Lipinski definition) is 1. The highest BCUT2D eigenvalue weighted by Gasteiger charge is 2.12. The molecule has 3 rings (SSSR count). The number of rotatable bonds is 2. The summed E-state index contributed by atoms with van der Waals surface area (Å²) in [4.78, 5) is 9.25. The summed E-state index contributed by atoms with van der Waals surface area (Å²) in [6, 6.07) is 11.5. The van der Waals surface area contributed by atoms with Gasteiger partial charge in [-0.15, -0.1) is 0 Å². The number of nitrogens with zero attached hydrogens (tertiary/aromatic N) is 2. The van der Waals surface area contributed by atoms with E-state index in [1.54, 1.807) is 0 Å². The molecule has 0 aliphatic rings. The smallest absolute Gasteiger partial charge is 0.162 e. The number of aromatic nitrogens is 2. The Bertz CT molecular complexity index is 837. The molecular formula is C15H10Br2ClN3. The molecule has 0 radical (unpaired) electrons. The Kier molecular flexibility index (Phi) is 4.15. The third-order valence-electron chi connectivity index (χ3n) is 3.04.